The molecule has 1 N–H and O–H groups in total. The van der Waals surface area contributed by atoms with Crippen LogP contribution in [0.3, 0.4) is 0 Å². The van der Waals surface area contributed by atoms with Gasteiger partial charge in [-0.1, -0.05) is 6.92 Å². The van der Waals surface area contributed by atoms with Crippen LogP contribution in [0.5, 0.6) is 0 Å². The Kier molecular flexibility index (Phi) is 3.52. The van der Waals surface area contributed by atoms with Crippen LogP contribution in [0.4, 0.5) is 0 Å². The highest BCUT2D eigenvalue weighted by Crippen LogP contribution is 2.46. The molecule has 4 nitrogen and oxygen atoms in total. The average Bonchev–Trinajstić information content (AvgIpc) is 3.01. The van der Waals surface area contributed by atoms with Crippen LogP contribution in [0.2, 0.25) is 0 Å². The second-order valence-corrected chi connectivity index (χ2v) is 5.85. The largest absolute Gasteiger partial charge is 0.319 e. The second kappa shape index (κ2) is 4.77. The molecule has 96 valence electrons. The van der Waals surface area contributed by atoms with Crippen molar-refractivity contribution in [1.82, 2.24) is 20.1 Å². The standard InChI is InChI=1S/C13H24N4/c1-10(2)17-12(15-9-16-17)7-13(3,8-14-4)11-5-6-11/h9-11,14H,5-8H2,1-4H3. The van der Waals surface area contributed by atoms with Crippen LogP contribution in [-0.4, -0.2) is 28.4 Å². The second-order valence-electron chi connectivity index (χ2n) is 5.85. The van der Waals surface area contributed by atoms with Crippen molar-refractivity contribution in [3.8, 4) is 0 Å². The fourth-order valence-corrected chi connectivity index (χ4v) is 2.73. The van der Waals surface area contributed by atoms with Gasteiger partial charge in [-0.25, -0.2) is 9.67 Å². The predicted molar refractivity (Wildman–Crippen MR) is 68.9 cm³/mol. The third-order valence-electron chi connectivity index (χ3n) is 3.84. The van der Waals surface area contributed by atoms with Gasteiger partial charge in [-0.05, 0) is 45.1 Å². The molecule has 1 fully saturated rings. The Morgan fingerprint density at radius 2 is 2.24 bits per heavy atom. The summed E-state index contributed by atoms with van der Waals surface area (Å²) in [6.07, 6.45) is 5.45. The highest BCUT2D eigenvalue weighted by molar-refractivity contribution is 5.00. The monoisotopic (exact) mass is 236 g/mol. The lowest BCUT2D eigenvalue weighted by Gasteiger charge is -2.29. The van der Waals surface area contributed by atoms with Crippen molar-refractivity contribution in [2.45, 2.75) is 46.1 Å². The predicted octanol–water partition coefficient (Wildman–Crippen LogP) is 2.04. The molecule has 0 aliphatic heterocycles. The first kappa shape index (κ1) is 12.6. The van der Waals surface area contributed by atoms with Crippen LogP contribution in [0.15, 0.2) is 6.33 Å². The summed E-state index contributed by atoms with van der Waals surface area (Å²) in [4.78, 5) is 4.44. The van der Waals surface area contributed by atoms with Gasteiger partial charge in [-0.2, -0.15) is 5.10 Å². The third-order valence-corrected chi connectivity index (χ3v) is 3.84. The normalized spacial score (nSPS) is 19.6. The van der Waals surface area contributed by atoms with E-state index in [0.717, 1.165) is 24.7 Å². The fraction of sp³-hybridized carbons (Fsp3) is 0.846. The molecule has 0 aromatic carbocycles. The summed E-state index contributed by atoms with van der Waals surface area (Å²) in [6, 6.07) is 0.394. The van der Waals surface area contributed by atoms with Crippen LogP contribution in [-0.2, 0) is 6.42 Å². The summed E-state index contributed by atoms with van der Waals surface area (Å²) >= 11 is 0. The maximum atomic E-state index is 4.44. The number of nitrogens with zero attached hydrogens (tertiary/aromatic N) is 3. The van der Waals surface area contributed by atoms with Crippen molar-refractivity contribution in [2.24, 2.45) is 11.3 Å². The molecule has 4 heteroatoms. The van der Waals surface area contributed by atoms with E-state index >= 15 is 0 Å². The van der Waals surface area contributed by atoms with Crippen molar-refractivity contribution in [3.63, 3.8) is 0 Å². The van der Waals surface area contributed by atoms with E-state index in [9.17, 15) is 0 Å². The van der Waals surface area contributed by atoms with Gasteiger partial charge in [-0.3, -0.25) is 0 Å². The molecule has 1 atom stereocenters. The Balaban J connectivity index is 2.14. The van der Waals surface area contributed by atoms with Gasteiger partial charge in [0.1, 0.15) is 12.2 Å². The molecule has 1 unspecified atom stereocenters. The van der Waals surface area contributed by atoms with E-state index in [2.05, 4.69) is 40.9 Å². The zero-order chi connectivity index (χ0) is 12.5. The van der Waals surface area contributed by atoms with Crippen molar-refractivity contribution >= 4 is 0 Å². The first-order valence-corrected chi connectivity index (χ1v) is 6.60. The molecule has 0 spiro atoms. The van der Waals surface area contributed by atoms with Gasteiger partial charge in [0.25, 0.3) is 0 Å². The van der Waals surface area contributed by atoms with E-state index in [1.54, 1.807) is 6.33 Å². The van der Waals surface area contributed by atoms with E-state index < -0.39 is 0 Å². The smallest absolute Gasteiger partial charge is 0.138 e. The number of aromatic nitrogens is 3. The minimum absolute atomic E-state index is 0.328. The van der Waals surface area contributed by atoms with E-state index in [1.165, 1.54) is 12.8 Å². The van der Waals surface area contributed by atoms with Crippen molar-refractivity contribution in [2.75, 3.05) is 13.6 Å². The summed E-state index contributed by atoms with van der Waals surface area (Å²) in [5, 5.41) is 7.66. The fourth-order valence-electron chi connectivity index (χ4n) is 2.73. The SMILES string of the molecule is CNCC(C)(Cc1ncnn1C(C)C)C1CC1. The van der Waals surface area contributed by atoms with Gasteiger partial charge in [0.2, 0.25) is 0 Å². The zero-order valence-corrected chi connectivity index (χ0v) is 11.4. The molecule has 2 rings (SSSR count). The quantitative estimate of drug-likeness (QED) is 0.822. The third kappa shape index (κ3) is 2.68. The summed E-state index contributed by atoms with van der Waals surface area (Å²) in [5.74, 6) is 1.98. The molecule has 0 saturated heterocycles. The molecule has 17 heavy (non-hydrogen) atoms. The van der Waals surface area contributed by atoms with E-state index in [4.69, 9.17) is 0 Å². The Bertz CT molecular complexity index is 367. The van der Waals surface area contributed by atoms with Gasteiger partial charge in [0.05, 0.1) is 0 Å². The molecular formula is C13H24N4. The van der Waals surface area contributed by atoms with Gasteiger partial charge in [0.15, 0.2) is 0 Å². The Labute approximate surface area is 104 Å². The van der Waals surface area contributed by atoms with Crippen LogP contribution >= 0.6 is 0 Å². The number of hydrogen-bond donors (Lipinski definition) is 1. The summed E-state index contributed by atoms with van der Waals surface area (Å²) in [5.41, 5.74) is 0.328. The molecule has 0 amide bonds. The van der Waals surface area contributed by atoms with E-state index in [0.29, 0.717) is 11.5 Å². The zero-order valence-electron chi connectivity index (χ0n) is 11.4. The van der Waals surface area contributed by atoms with Gasteiger partial charge in [-0.15, -0.1) is 0 Å². The maximum Gasteiger partial charge on any atom is 0.138 e. The minimum Gasteiger partial charge on any atom is -0.319 e. The molecule has 1 aliphatic carbocycles. The van der Waals surface area contributed by atoms with Gasteiger partial charge in [0, 0.05) is 19.0 Å². The lowest BCUT2D eigenvalue weighted by Crippen LogP contribution is -2.35. The Morgan fingerprint density at radius 3 is 2.76 bits per heavy atom. The first-order chi connectivity index (χ1) is 8.07. The van der Waals surface area contributed by atoms with Crippen LogP contribution in [0, 0.1) is 11.3 Å². The van der Waals surface area contributed by atoms with Crippen LogP contribution in [0.1, 0.15) is 45.5 Å². The Morgan fingerprint density at radius 1 is 1.53 bits per heavy atom. The summed E-state index contributed by atoms with van der Waals surface area (Å²) in [6.45, 7) is 7.75. The Hall–Kier alpha value is -0.900. The topological polar surface area (TPSA) is 42.7 Å². The number of hydrogen-bond acceptors (Lipinski definition) is 3. The lowest BCUT2D eigenvalue weighted by molar-refractivity contribution is 0.251. The number of rotatable bonds is 6. The molecule has 0 radical (unpaired) electrons. The molecule has 1 aliphatic rings. The van der Waals surface area contributed by atoms with Crippen LogP contribution in [0.25, 0.3) is 0 Å². The van der Waals surface area contributed by atoms with Crippen molar-refractivity contribution in [3.05, 3.63) is 12.2 Å². The summed E-state index contributed by atoms with van der Waals surface area (Å²) in [7, 11) is 2.04. The van der Waals surface area contributed by atoms with E-state index in [1.807, 2.05) is 7.05 Å². The molecular weight excluding hydrogens is 212 g/mol. The molecule has 1 heterocycles. The molecule has 1 saturated carbocycles. The highest BCUT2D eigenvalue weighted by Gasteiger charge is 2.41. The maximum absolute atomic E-state index is 4.44. The van der Waals surface area contributed by atoms with Crippen molar-refractivity contribution < 1.29 is 0 Å². The van der Waals surface area contributed by atoms with E-state index in [-0.39, 0.29) is 0 Å². The van der Waals surface area contributed by atoms with Gasteiger partial charge >= 0.3 is 0 Å². The average molecular weight is 236 g/mol. The highest BCUT2D eigenvalue weighted by atomic mass is 15.3. The number of nitrogens with one attached hydrogen (secondary N) is 1. The molecule has 1 aromatic heterocycles. The van der Waals surface area contributed by atoms with Crippen molar-refractivity contribution in [1.29, 1.82) is 0 Å². The first-order valence-electron chi connectivity index (χ1n) is 6.60. The summed E-state index contributed by atoms with van der Waals surface area (Å²) < 4.78 is 2.05. The lowest BCUT2D eigenvalue weighted by atomic mass is 9.81. The minimum atomic E-state index is 0.328. The van der Waals surface area contributed by atoms with Crippen LogP contribution < -0.4 is 5.32 Å². The molecule has 1 aromatic rings. The molecule has 0 bridgehead atoms. The van der Waals surface area contributed by atoms with Gasteiger partial charge < -0.3 is 5.32 Å².